The first-order valence-electron chi connectivity index (χ1n) is 8.52. The van der Waals surface area contributed by atoms with E-state index < -0.39 is 0 Å². The number of ether oxygens (including phenoxy) is 1. The molecular weight excluding hydrogens is 338 g/mol. The van der Waals surface area contributed by atoms with Gasteiger partial charge in [0.2, 0.25) is 5.91 Å². The van der Waals surface area contributed by atoms with Crippen LogP contribution in [0.1, 0.15) is 19.6 Å². The summed E-state index contributed by atoms with van der Waals surface area (Å²) in [6, 6.07) is 3.16. The lowest BCUT2D eigenvalue weighted by molar-refractivity contribution is -0.144. The van der Waals surface area contributed by atoms with Crippen LogP contribution in [0.3, 0.4) is 0 Å². The van der Waals surface area contributed by atoms with Crippen LogP contribution in [0.15, 0.2) is 35.2 Å². The molecule has 0 saturated carbocycles. The standard InChI is InChI=1S/C17H23N5O4/c1-12-8-21(9-13(2)26-12)16(23)11-22-10-14(6-19-22)20-17(24)18-7-15-4-3-5-25-15/h3-6,10,12-13H,7-9,11H2,1-2H3,(H2,18,20,24)/t12-,13-/m1/s1. The van der Waals surface area contributed by atoms with E-state index in [-0.39, 0.29) is 30.7 Å². The van der Waals surface area contributed by atoms with E-state index in [0.717, 1.165) is 0 Å². The number of morpholine rings is 1. The van der Waals surface area contributed by atoms with Crippen molar-refractivity contribution in [3.05, 3.63) is 36.5 Å². The maximum Gasteiger partial charge on any atom is 0.319 e. The Morgan fingerprint density at radius 1 is 1.31 bits per heavy atom. The Kier molecular flexibility index (Phi) is 5.57. The first-order chi connectivity index (χ1) is 12.5. The fourth-order valence-corrected chi connectivity index (χ4v) is 2.89. The van der Waals surface area contributed by atoms with Crippen LogP contribution < -0.4 is 10.6 Å². The second-order valence-electron chi connectivity index (χ2n) is 6.37. The molecule has 1 saturated heterocycles. The molecule has 3 heterocycles. The Hall–Kier alpha value is -2.81. The van der Waals surface area contributed by atoms with Crippen LogP contribution in [0.5, 0.6) is 0 Å². The summed E-state index contributed by atoms with van der Waals surface area (Å²) < 4.78 is 12.3. The van der Waals surface area contributed by atoms with Gasteiger partial charge in [-0.15, -0.1) is 0 Å². The van der Waals surface area contributed by atoms with E-state index in [9.17, 15) is 9.59 Å². The van der Waals surface area contributed by atoms with Crippen LogP contribution in [0.4, 0.5) is 10.5 Å². The predicted molar refractivity (Wildman–Crippen MR) is 93.4 cm³/mol. The van der Waals surface area contributed by atoms with Crippen molar-refractivity contribution in [1.29, 1.82) is 0 Å². The van der Waals surface area contributed by atoms with Gasteiger partial charge in [-0.1, -0.05) is 0 Å². The molecule has 9 nitrogen and oxygen atoms in total. The molecular formula is C17H23N5O4. The van der Waals surface area contributed by atoms with Crippen molar-refractivity contribution in [2.24, 2.45) is 0 Å². The fraction of sp³-hybridized carbons (Fsp3) is 0.471. The molecule has 26 heavy (non-hydrogen) atoms. The maximum atomic E-state index is 12.4. The highest BCUT2D eigenvalue weighted by molar-refractivity contribution is 5.88. The molecule has 3 amide bonds. The Bertz CT molecular complexity index is 732. The highest BCUT2D eigenvalue weighted by atomic mass is 16.5. The molecule has 0 bridgehead atoms. The molecule has 2 atom stereocenters. The molecule has 0 spiro atoms. The number of aromatic nitrogens is 2. The largest absolute Gasteiger partial charge is 0.467 e. The number of anilines is 1. The predicted octanol–water partition coefficient (Wildman–Crippen LogP) is 1.43. The van der Waals surface area contributed by atoms with Gasteiger partial charge < -0.3 is 24.7 Å². The van der Waals surface area contributed by atoms with Crippen LogP contribution in [-0.4, -0.2) is 51.9 Å². The van der Waals surface area contributed by atoms with Crippen LogP contribution in [0.25, 0.3) is 0 Å². The zero-order valence-corrected chi connectivity index (χ0v) is 14.8. The van der Waals surface area contributed by atoms with E-state index in [1.54, 1.807) is 29.5 Å². The number of nitrogens with zero attached hydrogens (tertiary/aromatic N) is 3. The topological polar surface area (TPSA) is 102 Å². The Morgan fingerprint density at radius 2 is 2.08 bits per heavy atom. The van der Waals surface area contributed by atoms with Gasteiger partial charge in [0.25, 0.3) is 0 Å². The summed E-state index contributed by atoms with van der Waals surface area (Å²) in [6.45, 7) is 5.46. The highest BCUT2D eigenvalue weighted by Crippen LogP contribution is 2.12. The van der Waals surface area contributed by atoms with E-state index in [1.807, 2.05) is 13.8 Å². The van der Waals surface area contributed by atoms with Gasteiger partial charge in [-0.3, -0.25) is 9.48 Å². The number of rotatable bonds is 5. The zero-order chi connectivity index (χ0) is 18.5. The third-order valence-corrected chi connectivity index (χ3v) is 3.96. The minimum Gasteiger partial charge on any atom is -0.467 e. The van der Waals surface area contributed by atoms with Crippen LogP contribution >= 0.6 is 0 Å². The Balaban J connectivity index is 1.48. The third kappa shape index (κ3) is 4.85. The lowest BCUT2D eigenvalue weighted by atomic mass is 10.2. The zero-order valence-electron chi connectivity index (χ0n) is 14.8. The quantitative estimate of drug-likeness (QED) is 0.839. The lowest BCUT2D eigenvalue weighted by Crippen LogP contribution is -2.49. The maximum absolute atomic E-state index is 12.4. The number of urea groups is 1. The van der Waals surface area contributed by atoms with Crippen molar-refractivity contribution in [2.45, 2.75) is 39.1 Å². The molecule has 0 aromatic carbocycles. The van der Waals surface area contributed by atoms with Crippen LogP contribution in [-0.2, 0) is 22.6 Å². The van der Waals surface area contributed by atoms with Crippen molar-refractivity contribution >= 4 is 17.6 Å². The molecule has 2 aromatic heterocycles. The van der Waals surface area contributed by atoms with Crippen LogP contribution in [0.2, 0.25) is 0 Å². The van der Waals surface area contributed by atoms with E-state index >= 15 is 0 Å². The first kappa shape index (κ1) is 18.0. The van der Waals surface area contributed by atoms with Gasteiger partial charge in [0.15, 0.2) is 0 Å². The van der Waals surface area contributed by atoms with Crippen molar-refractivity contribution < 1.29 is 18.7 Å². The number of carbonyl (C=O) groups is 2. The molecule has 1 fully saturated rings. The first-order valence-corrected chi connectivity index (χ1v) is 8.52. The Labute approximate surface area is 151 Å². The fourth-order valence-electron chi connectivity index (χ4n) is 2.89. The monoisotopic (exact) mass is 361 g/mol. The van der Waals surface area contributed by atoms with Crippen LogP contribution in [0, 0.1) is 0 Å². The number of amides is 3. The minimum atomic E-state index is -0.372. The average Bonchev–Trinajstić information content (AvgIpc) is 3.24. The summed E-state index contributed by atoms with van der Waals surface area (Å²) in [5, 5.41) is 9.48. The second kappa shape index (κ2) is 8.05. The van der Waals surface area contributed by atoms with E-state index in [0.29, 0.717) is 31.1 Å². The minimum absolute atomic E-state index is 0.0235. The molecule has 0 unspecified atom stereocenters. The number of hydrogen-bond acceptors (Lipinski definition) is 5. The van der Waals surface area contributed by atoms with Crippen molar-refractivity contribution in [3.63, 3.8) is 0 Å². The number of hydrogen-bond donors (Lipinski definition) is 2. The lowest BCUT2D eigenvalue weighted by Gasteiger charge is -2.35. The van der Waals surface area contributed by atoms with Gasteiger partial charge in [-0.05, 0) is 26.0 Å². The summed E-state index contributed by atoms with van der Waals surface area (Å²) >= 11 is 0. The summed E-state index contributed by atoms with van der Waals surface area (Å²) in [6.07, 6.45) is 4.72. The number of carbonyl (C=O) groups excluding carboxylic acids is 2. The van der Waals surface area contributed by atoms with Crippen molar-refractivity contribution in [3.8, 4) is 0 Å². The molecule has 1 aliphatic heterocycles. The molecule has 2 N–H and O–H groups in total. The van der Waals surface area contributed by atoms with Crippen molar-refractivity contribution in [1.82, 2.24) is 20.0 Å². The molecule has 9 heteroatoms. The second-order valence-corrected chi connectivity index (χ2v) is 6.37. The van der Waals surface area contributed by atoms with Gasteiger partial charge in [-0.25, -0.2) is 4.79 Å². The summed E-state index contributed by atoms with van der Waals surface area (Å²) in [7, 11) is 0. The summed E-state index contributed by atoms with van der Waals surface area (Å²) in [5.74, 6) is 0.638. The third-order valence-electron chi connectivity index (χ3n) is 3.96. The van der Waals surface area contributed by atoms with Gasteiger partial charge >= 0.3 is 6.03 Å². The van der Waals surface area contributed by atoms with Gasteiger partial charge in [-0.2, -0.15) is 5.10 Å². The molecule has 140 valence electrons. The molecule has 0 radical (unpaired) electrons. The average molecular weight is 361 g/mol. The van der Waals surface area contributed by atoms with E-state index in [4.69, 9.17) is 9.15 Å². The highest BCUT2D eigenvalue weighted by Gasteiger charge is 2.26. The SMILES string of the molecule is C[C@@H]1CN(C(=O)Cn2cc(NC(=O)NCc3ccco3)cn2)C[C@@H](C)O1. The van der Waals surface area contributed by atoms with Gasteiger partial charge in [0.1, 0.15) is 12.3 Å². The van der Waals surface area contributed by atoms with Gasteiger partial charge in [0.05, 0.1) is 36.9 Å². The van der Waals surface area contributed by atoms with Crippen molar-refractivity contribution in [2.75, 3.05) is 18.4 Å². The molecule has 0 aliphatic carbocycles. The smallest absolute Gasteiger partial charge is 0.319 e. The summed E-state index contributed by atoms with van der Waals surface area (Å²) in [4.78, 5) is 26.1. The molecule has 2 aromatic rings. The molecule has 3 rings (SSSR count). The number of furan rings is 1. The van der Waals surface area contributed by atoms with E-state index in [1.165, 1.54) is 10.9 Å². The van der Waals surface area contributed by atoms with E-state index in [2.05, 4.69) is 15.7 Å². The normalized spacial score (nSPS) is 20.0. The van der Waals surface area contributed by atoms with Gasteiger partial charge in [0, 0.05) is 19.3 Å². The Morgan fingerprint density at radius 3 is 2.77 bits per heavy atom. The summed E-state index contributed by atoms with van der Waals surface area (Å²) in [5.41, 5.74) is 0.512. The number of nitrogens with one attached hydrogen (secondary N) is 2. The molecule has 1 aliphatic rings.